The molecule has 212 valence electrons. The molecule has 3 N–H and O–H groups in total. The van der Waals surface area contributed by atoms with Crippen LogP contribution in [0.25, 0.3) is 10.9 Å². The zero-order valence-corrected chi connectivity index (χ0v) is 23.6. The maximum atomic E-state index is 13.3. The van der Waals surface area contributed by atoms with Crippen molar-refractivity contribution in [3.05, 3.63) is 93.2 Å². The number of benzene rings is 3. The third-order valence-electron chi connectivity index (χ3n) is 6.13. The Labute approximate surface area is 236 Å². The Kier molecular flexibility index (Phi) is 7.65. The van der Waals surface area contributed by atoms with Gasteiger partial charge in [-0.15, -0.1) is 0 Å². The molecule has 3 aromatic carbocycles. The van der Waals surface area contributed by atoms with Crippen molar-refractivity contribution in [1.82, 2.24) is 10.2 Å². The van der Waals surface area contributed by atoms with Gasteiger partial charge in [0, 0.05) is 28.8 Å². The molecule has 0 bridgehead atoms. The Hall–Kier alpha value is -5.06. The summed E-state index contributed by atoms with van der Waals surface area (Å²) in [5.74, 6) is -1.74. The van der Waals surface area contributed by atoms with Crippen molar-refractivity contribution >= 4 is 45.7 Å². The summed E-state index contributed by atoms with van der Waals surface area (Å²) in [5.41, 5.74) is 1.24. The van der Waals surface area contributed by atoms with E-state index in [1.165, 1.54) is 12.1 Å². The number of rotatable bonds is 6. The monoisotopic (exact) mass is 557 g/mol. The topological polar surface area (TPSA) is 156 Å². The number of esters is 1. The molecule has 0 saturated carbocycles. The fourth-order valence-electron chi connectivity index (χ4n) is 4.04. The van der Waals surface area contributed by atoms with E-state index in [4.69, 9.17) is 4.74 Å². The van der Waals surface area contributed by atoms with Crippen LogP contribution in [0.2, 0.25) is 0 Å². The fraction of sp³-hybridized carbons (Fsp3) is 0.267. The number of nitrogens with one attached hydrogen (secondary N) is 3. The van der Waals surface area contributed by atoms with Gasteiger partial charge in [0.25, 0.3) is 17.5 Å². The first-order valence-electron chi connectivity index (χ1n) is 12.9. The molecule has 0 radical (unpaired) electrons. The summed E-state index contributed by atoms with van der Waals surface area (Å²) in [6.45, 7) is 11.4. The first-order valence-corrected chi connectivity index (χ1v) is 12.9. The van der Waals surface area contributed by atoms with Crippen LogP contribution in [-0.2, 0) is 10.2 Å². The summed E-state index contributed by atoms with van der Waals surface area (Å²) in [6.07, 6.45) is 0. The van der Waals surface area contributed by atoms with Crippen LogP contribution < -0.4 is 10.6 Å². The average Bonchev–Trinajstić information content (AvgIpc) is 3.31. The van der Waals surface area contributed by atoms with Crippen LogP contribution in [0.5, 0.6) is 0 Å². The van der Waals surface area contributed by atoms with Crippen LogP contribution in [0.3, 0.4) is 0 Å². The standard InChI is InChI=1S/C30H31N5O6/c1-29(2,3)18-9-7-17(8-10-18)26(36)32-23-14-12-20(35(39)40)16-22(23)27(37)31-19-11-13-21-24(15-19)33-34-25(21)28(38)41-30(4,5)6/h7-16H,1-6H3,(H,31,37)(H,32,36)(H,33,34). The minimum atomic E-state index is -0.697. The molecule has 1 heterocycles. The summed E-state index contributed by atoms with van der Waals surface area (Å²) in [5, 5.41) is 24.1. The van der Waals surface area contributed by atoms with E-state index < -0.39 is 28.3 Å². The Morgan fingerprint density at radius 2 is 1.56 bits per heavy atom. The second-order valence-electron chi connectivity index (χ2n) is 11.6. The van der Waals surface area contributed by atoms with Crippen molar-refractivity contribution in [3.63, 3.8) is 0 Å². The van der Waals surface area contributed by atoms with Gasteiger partial charge < -0.3 is 15.4 Å². The second-order valence-corrected chi connectivity index (χ2v) is 11.6. The lowest BCUT2D eigenvalue weighted by Crippen LogP contribution is -2.24. The smallest absolute Gasteiger partial charge is 0.360 e. The summed E-state index contributed by atoms with van der Waals surface area (Å²) in [6, 6.07) is 15.5. The van der Waals surface area contributed by atoms with Crippen molar-refractivity contribution in [2.45, 2.75) is 52.6 Å². The first-order chi connectivity index (χ1) is 19.1. The van der Waals surface area contributed by atoms with Crippen LogP contribution >= 0.6 is 0 Å². The third-order valence-corrected chi connectivity index (χ3v) is 6.13. The minimum absolute atomic E-state index is 0.0882. The highest BCUT2D eigenvalue weighted by molar-refractivity contribution is 6.13. The summed E-state index contributed by atoms with van der Waals surface area (Å²) in [7, 11) is 0. The number of aromatic nitrogens is 2. The third kappa shape index (κ3) is 6.75. The quantitative estimate of drug-likeness (QED) is 0.144. The summed E-state index contributed by atoms with van der Waals surface area (Å²) in [4.78, 5) is 49.6. The van der Waals surface area contributed by atoms with Gasteiger partial charge in [-0.2, -0.15) is 5.10 Å². The number of hydrogen-bond donors (Lipinski definition) is 3. The fourth-order valence-corrected chi connectivity index (χ4v) is 4.04. The van der Waals surface area contributed by atoms with Crippen LogP contribution in [0.15, 0.2) is 60.7 Å². The van der Waals surface area contributed by atoms with Gasteiger partial charge in [0.05, 0.1) is 21.7 Å². The number of fused-ring (bicyclic) bond motifs is 1. The molecule has 4 rings (SSSR count). The molecular weight excluding hydrogens is 526 g/mol. The van der Waals surface area contributed by atoms with Gasteiger partial charge in [0.15, 0.2) is 5.69 Å². The highest BCUT2D eigenvalue weighted by Crippen LogP contribution is 2.27. The van der Waals surface area contributed by atoms with E-state index in [1.807, 2.05) is 12.1 Å². The second kappa shape index (κ2) is 10.8. The van der Waals surface area contributed by atoms with Gasteiger partial charge in [0.2, 0.25) is 0 Å². The Morgan fingerprint density at radius 1 is 0.878 bits per heavy atom. The number of nitrogens with zero attached hydrogens (tertiary/aromatic N) is 2. The predicted molar refractivity (Wildman–Crippen MR) is 155 cm³/mol. The van der Waals surface area contributed by atoms with Gasteiger partial charge in [0.1, 0.15) is 5.60 Å². The molecule has 0 saturated heterocycles. The van der Waals surface area contributed by atoms with E-state index in [1.54, 1.807) is 51.1 Å². The van der Waals surface area contributed by atoms with Crippen LogP contribution in [0.4, 0.5) is 17.1 Å². The van der Waals surface area contributed by atoms with Crippen molar-refractivity contribution < 1.29 is 24.0 Å². The summed E-state index contributed by atoms with van der Waals surface area (Å²) < 4.78 is 5.39. The molecule has 0 unspecified atom stereocenters. The van der Waals surface area contributed by atoms with Crippen LogP contribution in [0.1, 0.15) is 78.3 Å². The molecule has 0 fully saturated rings. The minimum Gasteiger partial charge on any atom is -0.455 e. The van der Waals surface area contributed by atoms with Crippen molar-refractivity contribution in [1.29, 1.82) is 0 Å². The van der Waals surface area contributed by atoms with Crippen molar-refractivity contribution in [3.8, 4) is 0 Å². The molecule has 41 heavy (non-hydrogen) atoms. The normalized spacial score (nSPS) is 11.7. The maximum absolute atomic E-state index is 13.3. The van der Waals surface area contributed by atoms with E-state index in [0.717, 1.165) is 11.6 Å². The van der Waals surface area contributed by atoms with E-state index in [2.05, 4.69) is 41.6 Å². The van der Waals surface area contributed by atoms with Gasteiger partial charge in [-0.1, -0.05) is 32.9 Å². The van der Waals surface area contributed by atoms with Gasteiger partial charge in [-0.05, 0) is 68.1 Å². The van der Waals surface area contributed by atoms with Crippen LogP contribution in [0, 0.1) is 10.1 Å². The average molecular weight is 558 g/mol. The van der Waals surface area contributed by atoms with Crippen LogP contribution in [-0.4, -0.2) is 38.5 Å². The number of H-pyrrole nitrogens is 1. The summed E-state index contributed by atoms with van der Waals surface area (Å²) >= 11 is 0. The number of ether oxygens (including phenoxy) is 1. The number of nitro groups is 1. The molecule has 11 heteroatoms. The Balaban J connectivity index is 1.59. The van der Waals surface area contributed by atoms with Crippen molar-refractivity contribution in [2.24, 2.45) is 0 Å². The number of aromatic amines is 1. The van der Waals surface area contributed by atoms with Gasteiger partial charge in [-0.3, -0.25) is 24.8 Å². The van der Waals surface area contributed by atoms with E-state index in [-0.39, 0.29) is 28.0 Å². The number of anilines is 2. The molecule has 0 aliphatic carbocycles. The molecule has 0 aliphatic rings. The van der Waals surface area contributed by atoms with E-state index >= 15 is 0 Å². The van der Waals surface area contributed by atoms with E-state index in [0.29, 0.717) is 22.2 Å². The van der Waals surface area contributed by atoms with E-state index in [9.17, 15) is 24.5 Å². The number of carbonyl (C=O) groups is 3. The van der Waals surface area contributed by atoms with Gasteiger partial charge in [-0.25, -0.2) is 4.79 Å². The lowest BCUT2D eigenvalue weighted by Gasteiger charge is -2.19. The molecular formula is C30H31N5O6. The SMILES string of the molecule is CC(C)(C)OC(=O)c1n[nH]c2cc(NC(=O)c3cc([N+](=O)[O-])ccc3NC(=O)c3ccc(C(C)(C)C)cc3)ccc12. The number of carbonyl (C=O) groups excluding carboxylic acids is 3. The number of nitro benzene ring substituents is 1. The highest BCUT2D eigenvalue weighted by Gasteiger charge is 2.23. The first kappa shape index (κ1) is 28.9. The lowest BCUT2D eigenvalue weighted by atomic mass is 9.86. The predicted octanol–water partition coefficient (Wildman–Crippen LogP) is 6.23. The maximum Gasteiger partial charge on any atom is 0.360 e. The van der Waals surface area contributed by atoms with Gasteiger partial charge >= 0.3 is 5.97 Å². The molecule has 1 aromatic heterocycles. The Bertz CT molecular complexity index is 1660. The highest BCUT2D eigenvalue weighted by atomic mass is 16.6. The Morgan fingerprint density at radius 3 is 2.17 bits per heavy atom. The molecule has 0 aliphatic heterocycles. The lowest BCUT2D eigenvalue weighted by molar-refractivity contribution is -0.384. The molecule has 4 aromatic rings. The molecule has 11 nitrogen and oxygen atoms in total. The zero-order chi connectivity index (χ0) is 30.1. The molecule has 0 spiro atoms. The number of hydrogen-bond acceptors (Lipinski definition) is 7. The van der Waals surface area contributed by atoms with Crippen molar-refractivity contribution in [2.75, 3.05) is 10.6 Å². The largest absolute Gasteiger partial charge is 0.455 e. The molecule has 0 atom stereocenters. The number of non-ortho nitro benzene ring substituents is 1. The number of amides is 2. The zero-order valence-electron chi connectivity index (χ0n) is 23.6. The molecule has 2 amide bonds.